The Hall–Kier alpha value is -3.31. The number of nitrogens with zero attached hydrogens (tertiary/aromatic N) is 1. The van der Waals surface area contributed by atoms with Crippen LogP contribution in [0.5, 0.6) is 0 Å². The second-order valence-corrected chi connectivity index (χ2v) is 6.86. The van der Waals surface area contributed by atoms with Crippen molar-refractivity contribution >= 4 is 17.4 Å². The number of anilines is 1. The molecule has 0 fully saturated rings. The summed E-state index contributed by atoms with van der Waals surface area (Å²) in [5.41, 5.74) is 0.218. The molecule has 1 N–H and O–H groups in total. The molecule has 0 radical (unpaired) electrons. The van der Waals surface area contributed by atoms with Crippen molar-refractivity contribution < 1.29 is 19.1 Å². The number of Topliss-reactive ketones (excluding diaryl/α,β-unsaturated/α-hetero) is 1. The van der Waals surface area contributed by atoms with Crippen LogP contribution in [0.15, 0.2) is 78.9 Å². The molecule has 0 bridgehead atoms. The maximum Gasteiger partial charge on any atom is 0.264 e. The van der Waals surface area contributed by atoms with Crippen molar-refractivity contribution in [2.45, 2.75) is 18.6 Å². The summed E-state index contributed by atoms with van der Waals surface area (Å²) in [5, 5.41) is 11.3. The van der Waals surface area contributed by atoms with Crippen molar-refractivity contribution in [3.05, 3.63) is 101 Å². The van der Waals surface area contributed by atoms with Crippen LogP contribution in [0.2, 0.25) is 0 Å². The summed E-state index contributed by atoms with van der Waals surface area (Å²) in [4.78, 5) is 27.4. The van der Waals surface area contributed by atoms with Crippen molar-refractivity contribution in [3.63, 3.8) is 0 Å². The van der Waals surface area contributed by atoms with Crippen LogP contribution in [0.25, 0.3) is 0 Å². The summed E-state index contributed by atoms with van der Waals surface area (Å²) in [5.74, 6) is -1.41. The first-order chi connectivity index (χ1) is 13.5. The fourth-order valence-corrected chi connectivity index (χ4v) is 3.57. The lowest BCUT2D eigenvalue weighted by molar-refractivity contribution is -0.136. The van der Waals surface area contributed by atoms with Gasteiger partial charge in [0.2, 0.25) is 0 Å². The average Bonchev–Trinajstić information content (AvgIpc) is 2.91. The Labute approximate surface area is 161 Å². The molecule has 0 unspecified atom stereocenters. The second kappa shape index (κ2) is 7.02. The predicted molar refractivity (Wildman–Crippen MR) is 103 cm³/mol. The van der Waals surface area contributed by atoms with Gasteiger partial charge in [-0.2, -0.15) is 0 Å². The van der Waals surface area contributed by atoms with Gasteiger partial charge in [-0.1, -0.05) is 48.5 Å². The molecule has 1 amide bonds. The Morgan fingerprint density at radius 1 is 0.929 bits per heavy atom. The van der Waals surface area contributed by atoms with Gasteiger partial charge >= 0.3 is 0 Å². The van der Waals surface area contributed by atoms with E-state index in [2.05, 4.69) is 0 Å². The molecule has 3 aromatic carbocycles. The van der Waals surface area contributed by atoms with E-state index in [0.717, 1.165) is 5.56 Å². The third-order valence-electron chi connectivity index (χ3n) is 5.01. The smallest absolute Gasteiger partial charge is 0.264 e. The van der Waals surface area contributed by atoms with Crippen molar-refractivity contribution in [1.29, 1.82) is 0 Å². The lowest BCUT2D eigenvalue weighted by Gasteiger charge is -2.23. The number of hydrogen-bond donors (Lipinski definition) is 1. The molecule has 4 rings (SSSR count). The van der Waals surface area contributed by atoms with Crippen molar-refractivity contribution in [1.82, 2.24) is 0 Å². The van der Waals surface area contributed by atoms with Crippen LogP contribution in [0.1, 0.15) is 27.9 Å². The topological polar surface area (TPSA) is 57.6 Å². The first-order valence-corrected chi connectivity index (χ1v) is 8.95. The van der Waals surface area contributed by atoms with Gasteiger partial charge in [0.25, 0.3) is 5.91 Å². The summed E-state index contributed by atoms with van der Waals surface area (Å²) < 4.78 is 13.1. The zero-order valence-corrected chi connectivity index (χ0v) is 15.0. The van der Waals surface area contributed by atoms with Crippen LogP contribution >= 0.6 is 0 Å². The van der Waals surface area contributed by atoms with Crippen LogP contribution in [0.3, 0.4) is 0 Å². The molecular formula is C23H18FNO3. The van der Waals surface area contributed by atoms with Crippen LogP contribution in [0, 0.1) is 5.82 Å². The highest BCUT2D eigenvalue weighted by molar-refractivity contribution is 6.10. The highest BCUT2D eigenvalue weighted by atomic mass is 19.1. The number of carbonyl (C=O) groups is 2. The quantitative estimate of drug-likeness (QED) is 0.690. The molecule has 1 aliphatic rings. The van der Waals surface area contributed by atoms with Crippen molar-refractivity contribution in [3.8, 4) is 0 Å². The number of rotatable bonds is 5. The van der Waals surface area contributed by atoms with Gasteiger partial charge in [0, 0.05) is 11.1 Å². The van der Waals surface area contributed by atoms with E-state index >= 15 is 0 Å². The fourth-order valence-electron chi connectivity index (χ4n) is 3.57. The highest BCUT2D eigenvalue weighted by Crippen LogP contribution is 2.43. The third kappa shape index (κ3) is 3.10. The van der Waals surface area contributed by atoms with E-state index in [4.69, 9.17) is 0 Å². The number of hydrogen-bond acceptors (Lipinski definition) is 3. The first kappa shape index (κ1) is 18.1. The Balaban J connectivity index is 1.67. The third-order valence-corrected chi connectivity index (χ3v) is 5.01. The van der Waals surface area contributed by atoms with Crippen molar-refractivity contribution in [2.75, 3.05) is 4.90 Å². The molecule has 0 spiro atoms. The zero-order valence-electron chi connectivity index (χ0n) is 15.0. The van der Waals surface area contributed by atoms with Gasteiger partial charge in [0.1, 0.15) is 5.82 Å². The van der Waals surface area contributed by atoms with E-state index in [9.17, 15) is 19.1 Å². The Bertz CT molecular complexity index is 1030. The molecule has 0 saturated heterocycles. The van der Waals surface area contributed by atoms with E-state index in [1.165, 1.54) is 29.2 Å². The zero-order chi connectivity index (χ0) is 19.7. The van der Waals surface area contributed by atoms with Crippen LogP contribution in [-0.4, -0.2) is 16.8 Å². The molecule has 0 aliphatic carbocycles. The van der Waals surface area contributed by atoms with E-state index in [0.29, 0.717) is 17.8 Å². The molecule has 1 heterocycles. The number of fused-ring (bicyclic) bond motifs is 1. The van der Waals surface area contributed by atoms with E-state index in [1.54, 1.807) is 24.3 Å². The molecule has 3 aromatic rings. The van der Waals surface area contributed by atoms with Gasteiger partial charge in [-0.25, -0.2) is 4.39 Å². The summed E-state index contributed by atoms with van der Waals surface area (Å²) in [6.45, 7) is 0.295. The Morgan fingerprint density at radius 3 is 2.29 bits per heavy atom. The molecule has 0 saturated carbocycles. The summed E-state index contributed by atoms with van der Waals surface area (Å²) in [6.07, 6.45) is -0.403. The first-order valence-electron chi connectivity index (χ1n) is 8.95. The number of aliphatic hydroxyl groups is 1. The van der Waals surface area contributed by atoms with Gasteiger partial charge < -0.3 is 10.0 Å². The minimum absolute atomic E-state index is 0.251. The average molecular weight is 375 g/mol. The molecule has 5 heteroatoms. The molecule has 0 aromatic heterocycles. The van der Waals surface area contributed by atoms with Gasteiger partial charge in [-0.3, -0.25) is 9.59 Å². The normalized spacial score (nSPS) is 18.2. The van der Waals surface area contributed by atoms with Crippen LogP contribution in [-0.2, 0) is 16.9 Å². The van der Waals surface area contributed by atoms with Gasteiger partial charge in [-0.05, 0) is 35.9 Å². The van der Waals surface area contributed by atoms with Gasteiger partial charge in [0.15, 0.2) is 11.4 Å². The largest absolute Gasteiger partial charge is 0.375 e. The van der Waals surface area contributed by atoms with Crippen molar-refractivity contribution in [2.24, 2.45) is 0 Å². The number of amides is 1. The lowest BCUT2D eigenvalue weighted by atomic mass is 9.88. The number of ketones is 1. The van der Waals surface area contributed by atoms with E-state index in [1.807, 2.05) is 30.3 Å². The predicted octanol–water partition coefficient (Wildman–Crippen LogP) is 3.83. The van der Waals surface area contributed by atoms with Gasteiger partial charge in [-0.15, -0.1) is 0 Å². The minimum atomic E-state index is -1.95. The van der Waals surface area contributed by atoms with Crippen LogP contribution in [0.4, 0.5) is 10.1 Å². The maximum atomic E-state index is 13.2. The summed E-state index contributed by atoms with van der Waals surface area (Å²) >= 11 is 0. The number of halogens is 1. The van der Waals surface area contributed by atoms with Gasteiger partial charge in [0.05, 0.1) is 18.7 Å². The number of para-hydroxylation sites is 1. The standard InChI is InChI=1S/C23H18FNO3/c24-18-12-10-17(11-13-18)21(26)14-23(28)19-8-4-5-9-20(19)25(22(23)27)15-16-6-2-1-3-7-16/h1-13,28H,14-15H2/t23-/m1/s1. The molecular weight excluding hydrogens is 357 g/mol. The molecule has 1 aliphatic heterocycles. The number of carbonyl (C=O) groups excluding carboxylic acids is 2. The Kier molecular flexibility index (Phi) is 4.53. The number of benzene rings is 3. The monoisotopic (exact) mass is 375 g/mol. The lowest BCUT2D eigenvalue weighted by Crippen LogP contribution is -2.41. The molecule has 1 atom stereocenters. The van der Waals surface area contributed by atoms with E-state index < -0.39 is 29.5 Å². The van der Waals surface area contributed by atoms with E-state index in [-0.39, 0.29) is 5.56 Å². The SMILES string of the molecule is O=C(C[C@]1(O)C(=O)N(Cc2ccccc2)c2ccccc21)c1ccc(F)cc1. The Morgan fingerprint density at radius 2 is 1.57 bits per heavy atom. The molecule has 28 heavy (non-hydrogen) atoms. The summed E-state index contributed by atoms with van der Waals surface area (Å²) in [6, 6.07) is 21.5. The fraction of sp³-hybridized carbons (Fsp3) is 0.130. The molecule has 4 nitrogen and oxygen atoms in total. The minimum Gasteiger partial charge on any atom is -0.375 e. The van der Waals surface area contributed by atoms with Crippen LogP contribution < -0.4 is 4.90 Å². The summed E-state index contributed by atoms with van der Waals surface area (Å²) in [7, 11) is 0. The second-order valence-electron chi connectivity index (χ2n) is 6.86. The molecule has 140 valence electrons. The highest BCUT2D eigenvalue weighted by Gasteiger charge is 2.50. The maximum absolute atomic E-state index is 13.2.